The molecule has 0 saturated heterocycles. The van der Waals surface area contributed by atoms with Gasteiger partial charge in [-0.25, -0.2) is 0 Å². The van der Waals surface area contributed by atoms with Gasteiger partial charge in [-0.05, 0) is 53.4 Å². The number of halogens is 1. The summed E-state index contributed by atoms with van der Waals surface area (Å²) in [5, 5.41) is 3.60. The lowest BCUT2D eigenvalue weighted by Crippen LogP contribution is -2.15. The molecule has 0 aromatic heterocycles. The molecule has 15 heavy (non-hydrogen) atoms. The van der Waals surface area contributed by atoms with Crippen molar-refractivity contribution in [3.05, 3.63) is 22.2 Å². The maximum Gasteiger partial charge on any atom is 0.0518 e. The topological polar surface area (TPSA) is 38.0 Å². The van der Waals surface area contributed by atoms with Crippen LogP contribution in [0.15, 0.2) is 16.6 Å². The summed E-state index contributed by atoms with van der Waals surface area (Å²) in [5.74, 6) is 0. The first-order chi connectivity index (χ1) is 7.16. The third-order valence-corrected chi connectivity index (χ3v) is 3.64. The van der Waals surface area contributed by atoms with Gasteiger partial charge in [-0.3, -0.25) is 0 Å². The van der Waals surface area contributed by atoms with Crippen molar-refractivity contribution in [1.29, 1.82) is 0 Å². The molecule has 1 aliphatic carbocycles. The highest BCUT2D eigenvalue weighted by Gasteiger charge is 2.16. The highest BCUT2D eigenvalue weighted by atomic mass is 79.9. The Morgan fingerprint density at radius 1 is 1.33 bits per heavy atom. The van der Waals surface area contributed by atoms with Gasteiger partial charge < -0.3 is 11.1 Å². The zero-order valence-corrected chi connectivity index (χ0v) is 10.6. The summed E-state index contributed by atoms with van der Waals surface area (Å²) < 4.78 is 1.08. The van der Waals surface area contributed by atoms with E-state index >= 15 is 0 Å². The fourth-order valence-electron chi connectivity index (χ4n) is 2.23. The summed E-state index contributed by atoms with van der Waals surface area (Å²) in [7, 11) is 0. The average molecular weight is 269 g/mol. The molecule has 0 atom stereocenters. The molecule has 1 aliphatic rings. The predicted octanol–water partition coefficient (Wildman–Crippen LogP) is 3.69. The summed E-state index contributed by atoms with van der Waals surface area (Å²) >= 11 is 3.56. The van der Waals surface area contributed by atoms with E-state index in [1.54, 1.807) is 0 Å². The van der Waals surface area contributed by atoms with Crippen molar-refractivity contribution in [2.45, 2.75) is 38.6 Å². The molecule has 0 heterocycles. The van der Waals surface area contributed by atoms with E-state index in [0.717, 1.165) is 10.2 Å². The second-order valence-electron chi connectivity index (χ2n) is 4.32. The Labute approximate surface area is 99.4 Å². The van der Waals surface area contributed by atoms with Crippen LogP contribution < -0.4 is 11.1 Å². The molecule has 82 valence electrons. The van der Waals surface area contributed by atoms with Crippen LogP contribution in [0.4, 0.5) is 11.4 Å². The lowest BCUT2D eigenvalue weighted by Gasteiger charge is -2.17. The minimum atomic E-state index is 0.642. The average Bonchev–Trinajstić information content (AvgIpc) is 2.63. The van der Waals surface area contributed by atoms with E-state index in [9.17, 15) is 0 Å². The lowest BCUT2D eigenvalue weighted by atomic mass is 10.1. The molecule has 0 radical (unpaired) electrons. The molecule has 3 N–H and O–H groups in total. The normalized spacial score (nSPS) is 16.9. The Morgan fingerprint density at radius 3 is 2.60 bits per heavy atom. The van der Waals surface area contributed by atoms with Gasteiger partial charge in [0.15, 0.2) is 0 Å². The number of nitrogen functional groups attached to an aromatic ring is 1. The minimum Gasteiger partial charge on any atom is -0.399 e. The first kappa shape index (κ1) is 10.8. The van der Waals surface area contributed by atoms with E-state index in [1.165, 1.54) is 36.9 Å². The SMILES string of the molecule is Cc1cc(N)cc(Br)c1NC1CCCC1. The van der Waals surface area contributed by atoms with Crippen LogP contribution in [0, 0.1) is 6.92 Å². The van der Waals surface area contributed by atoms with E-state index in [4.69, 9.17) is 5.73 Å². The third kappa shape index (κ3) is 2.46. The molecule has 1 fully saturated rings. The fraction of sp³-hybridized carbons (Fsp3) is 0.500. The molecule has 0 bridgehead atoms. The summed E-state index contributed by atoms with van der Waals surface area (Å²) in [6.45, 7) is 2.10. The van der Waals surface area contributed by atoms with Gasteiger partial charge in [-0.15, -0.1) is 0 Å². The number of nitrogens with one attached hydrogen (secondary N) is 1. The molecule has 2 nitrogen and oxygen atoms in total. The Kier molecular flexibility index (Phi) is 3.19. The molecule has 0 aliphatic heterocycles. The minimum absolute atomic E-state index is 0.642. The van der Waals surface area contributed by atoms with Crippen molar-refractivity contribution in [3.8, 4) is 0 Å². The van der Waals surface area contributed by atoms with Gasteiger partial charge in [-0.2, -0.15) is 0 Å². The maximum atomic E-state index is 5.78. The van der Waals surface area contributed by atoms with Gasteiger partial charge in [-0.1, -0.05) is 12.8 Å². The van der Waals surface area contributed by atoms with Gasteiger partial charge in [0.2, 0.25) is 0 Å². The Bertz CT molecular complexity index is 334. The summed E-state index contributed by atoms with van der Waals surface area (Å²) in [6, 6.07) is 4.62. The van der Waals surface area contributed by atoms with Crippen molar-refractivity contribution in [2.75, 3.05) is 11.1 Å². The maximum absolute atomic E-state index is 5.78. The van der Waals surface area contributed by atoms with Gasteiger partial charge in [0.25, 0.3) is 0 Å². The highest BCUT2D eigenvalue weighted by molar-refractivity contribution is 9.10. The number of anilines is 2. The number of hydrogen-bond acceptors (Lipinski definition) is 2. The molecule has 0 amide bonds. The van der Waals surface area contributed by atoms with Crippen LogP contribution in [0.1, 0.15) is 31.2 Å². The van der Waals surface area contributed by atoms with Crippen molar-refractivity contribution >= 4 is 27.3 Å². The monoisotopic (exact) mass is 268 g/mol. The fourth-order valence-corrected chi connectivity index (χ4v) is 2.92. The largest absolute Gasteiger partial charge is 0.399 e. The number of rotatable bonds is 2. The quantitative estimate of drug-likeness (QED) is 0.803. The molecule has 3 heteroatoms. The van der Waals surface area contributed by atoms with Gasteiger partial charge in [0.1, 0.15) is 0 Å². The summed E-state index contributed by atoms with van der Waals surface area (Å²) in [6.07, 6.45) is 5.28. The van der Waals surface area contributed by atoms with Crippen molar-refractivity contribution in [1.82, 2.24) is 0 Å². The smallest absolute Gasteiger partial charge is 0.0518 e. The zero-order valence-electron chi connectivity index (χ0n) is 9.02. The second-order valence-corrected chi connectivity index (χ2v) is 5.17. The highest BCUT2D eigenvalue weighted by Crippen LogP contribution is 2.32. The van der Waals surface area contributed by atoms with E-state index in [2.05, 4.69) is 28.2 Å². The predicted molar refractivity (Wildman–Crippen MR) is 69.2 cm³/mol. The van der Waals surface area contributed by atoms with Crippen LogP contribution in [0.25, 0.3) is 0 Å². The Morgan fingerprint density at radius 2 is 2.00 bits per heavy atom. The van der Waals surface area contributed by atoms with Gasteiger partial charge >= 0.3 is 0 Å². The van der Waals surface area contributed by atoms with Crippen LogP contribution in [0.3, 0.4) is 0 Å². The van der Waals surface area contributed by atoms with E-state index in [1.807, 2.05) is 12.1 Å². The van der Waals surface area contributed by atoms with Crippen molar-refractivity contribution in [3.63, 3.8) is 0 Å². The first-order valence-corrected chi connectivity index (χ1v) is 6.28. The van der Waals surface area contributed by atoms with Crippen LogP contribution in [-0.2, 0) is 0 Å². The Balaban J connectivity index is 2.19. The molecule has 0 unspecified atom stereocenters. The number of nitrogens with two attached hydrogens (primary N) is 1. The van der Waals surface area contributed by atoms with Gasteiger partial charge in [0, 0.05) is 16.2 Å². The van der Waals surface area contributed by atoms with E-state index in [0.29, 0.717) is 6.04 Å². The number of benzene rings is 1. The lowest BCUT2D eigenvalue weighted by molar-refractivity contribution is 0.754. The number of aryl methyl sites for hydroxylation is 1. The third-order valence-electron chi connectivity index (χ3n) is 3.01. The molecule has 2 rings (SSSR count). The van der Waals surface area contributed by atoms with Crippen LogP contribution >= 0.6 is 15.9 Å². The second kappa shape index (κ2) is 4.44. The van der Waals surface area contributed by atoms with Crippen LogP contribution in [0.2, 0.25) is 0 Å². The van der Waals surface area contributed by atoms with E-state index in [-0.39, 0.29) is 0 Å². The molecular formula is C12H17BrN2. The standard InChI is InChI=1S/C12H17BrN2/c1-8-6-9(14)7-11(13)12(8)15-10-4-2-3-5-10/h6-7,10,15H,2-5,14H2,1H3. The summed E-state index contributed by atoms with van der Waals surface area (Å²) in [5.41, 5.74) is 9.02. The first-order valence-electron chi connectivity index (χ1n) is 5.49. The van der Waals surface area contributed by atoms with E-state index < -0.39 is 0 Å². The van der Waals surface area contributed by atoms with Crippen molar-refractivity contribution < 1.29 is 0 Å². The molecule has 1 aromatic carbocycles. The molecule has 1 saturated carbocycles. The van der Waals surface area contributed by atoms with Gasteiger partial charge in [0.05, 0.1) is 5.69 Å². The zero-order chi connectivity index (χ0) is 10.8. The Hall–Kier alpha value is -0.700. The van der Waals surface area contributed by atoms with Crippen LogP contribution in [0.5, 0.6) is 0 Å². The molecule has 0 spiro atoms. The van der Waals surface area contributed by atoms with Crippen molar-refractivity contribution in [2.24, 2.45) is 0 Å². The molecular weight excluding hydrogens is 252 g/mol. The number of hydrogen-bond donors (Lipinski definition) is 2. The van der Waals surface area contributed by atoms with Crippen LogP contribution in [-0.4, -0.2) is 6.04 Å². The molecule has 1 aromatic rings. The summed E-state index contributed by atoms with van der Waals surface area (Å²) in [4.78, 5) is 0.